The maximum Gasteiger partial charge on any atom is 0.253 e. The van der Waals surface area contributed by atoms with E-state index in [1.165, 1.54) is 0 Å². The minimum Gasteiger partial charge on any atom is -0.492 e. The lowest BCUT2D eigenvalue weighted by atomic mass is 10.1. The number of benzene rings is 1. The molecule has 2 unspecified atom stereocenters. The van der Waals surface area contributed by atoms with E-state index in [1.807, 2.05) is 13.8 Å². The van der Waals surface area contributed by atoms with Gasteiger partial charge in [0.2, 0.25) is 0 Å². The van der Waals surface area contributed by atoms with Crippen LogP contribution in [0.4, 0.5) is 5.69 Å². The Bertz CT molecular complexity index is 570. The molecular weight excluding hydrogens is 362 g/mol. The third-order valence-corrected chi connectivity index (χ3v) is 4.75. The topological polar surface area (TPSA) is 64.6 Å². The van der Waals surface area contributed by atoms with Gasteiger partial charge in [0, 0.05) is 12.2 Å². The molecular formula is C17H22BrNO4. The molecule has 0 radical (unpaired) electrons. The summed E-state index contributed by atoms with van der Waals surface area (Å²) >= 11 is 3.37. The standard InChI is InChI=1S/C17H22BrNO4/c1-3-12(18)16(20)11-7-8-13(15(10-11)22-4-2)19-17(21)14-6-5-9-23-14/h7-8,10,12,14H,3-6,9H2,1-2H3,(H,19,21). The first kappa shape index (κ1) is 17.9. The van der Waals surface area contributed by atoms with Gasteiger partial charge in [-0.2, -0.15) is 0 Å². The average molecular weight is 384 g/mol. The molecule has 5 nitrogen and oxygen atoms in total. The van der Waals surface area contributed by atoms with E-state index in [4.69, 9.17) is 9.47 Å². The average Bonchev–Trinajstić information content (AvgIpc) is 3.09. The lowest BCUT2D eigenvalue weighted by Gasteiger charge is -2.15. The van der Waals surface area contributed by atoms with Crippen LogP contribution in [0.1, 0.15) is 43.5 Å². The summed E-state index contributed by atoms with van der Waals surface area (Å²) in [5.74, 6) is 0.334. The van der Waals surface area contributed by atoms with Crippen LogP contribution in [0.5, 0.6) is 5.75 Å². The van der Waals surface area contributed by atoms with Crippen molar-refractivity contribution >= 4 is 33.3 Å². The van der Waals surface area contributed by atoms with E-state index in [0.717, 1.165) is 12.8 Å². The van der Waals surface area contributed by atoms with Crippen molar-refractivity contribution in [1.82, 2.24) is 0 Å². The highest BCUT2D eigenvalue weighted by atomic mass is 79.9. The minimum atomic E-state index is -0.405. The summed E-state index contributed by atoms with van der Waals surface area (Å²) in [5.41, 5.74) is 1.12. The Hall–Kier alpha value is -1.40. The van der Waals surface area contributed by atoms with Gasteiger partial charge in [-0.15, -0.1) is 0 Å². The molecule has 6 heteroatoms. The Kier molecular flexibility index (Phi) is 6.59. The van der Waals surface area contributed by atoms with Crippen LogP contribution in [0, 0.1) is 0 Å². The zero-order valence-electron chi connectivity index (χ0n) is 13.4. The van der Waals surface area contributed by atoms with E-state index >= 15 is 0 Å². The molecule has 1 fully saturated rings. The van der Waals surface area contributed by atoms with Gasteiger partial charge in [0.05, 0.1) is 17.1 Å². The highest BCUT2D eigenvalue weighted by Crippen LogP contribution is 2.28. The predicted molar refractivity (Wildman–Crippen MR) is 92.6 cm³/mol. The molecule has 2 atom stereocenters. The molecule has 1 heterocycles. The fraction of sp³-hybridized carbons (Fsp3) is 0.529. The summed E-state index contributed by atoms with van der Waals surface area (Å²) in [6, 6.07) is 5.10. The summed E-state index contributed by atoms with van der Waals surface area (Å²) in [7, 11) is 0. The largest absolute Gasteiger partial charge is 0.492 e. The molecule has 2 rings (SSSR count). The maximum atomic E-state index is 12.3. The van der Waals surface area contributed by atoms with Crippen LogP contribution in [-0.4, -0.2) is 35.8 Å². The third kappa shape index (κ3) is 4.54. The van der Waals surface area contributed by atoms with E-state index in [2.05, 4.69) is 21.2 Å². The number of amides is 1. The highest BCUT2D eigenvalue weighted by molar-refractivity contribution is 9.10. The molecule has 0 saturated carbocycles. The van der Waals surface area contributed by atoms with E-state index in [-0.39, 0.29) is 16.5 Å². The van der Waals surface area contributed by atoms with Gasteiger partial charge in [-0.3, -0.25) is 9.59 Å². The Labute approximate surface area is 144 Å². The van der Waals surface area contributed by atoms with Crippen molar-refractivity contribution in [2.45, 2.75) is 44.0 Å². The number of Topliss-reactive ketones (excluding diaryl/α,β-unsaturated/α-hetero) is 1. The van der Waals surface area contributed by atoms with E-state index in [0.29, 0.717) is 36.6 Å². The molecule has 0 spiro atoms. The molecule has 1 N–H and O–H groups in total. The number of hydrogen-bond donors (Lipinski definition) is 1. The van der Waals surface area contributed by atoms with Crippen LogP contribution >= 0.6 is 15.9 Å². The summed E-state index contributed by atoms with van der Waals surface area (Å²) in [6.07, 6.45) is 1.93. The van der Waals surface area contributed by atoms with Gasteiger partial charge in [-0.05, 0) is 44.4 Å². The summed E-state index contributed by atoms with van der Waals surface area (Å²) in [6.45, 7) is 4.87. The number of halogens is 1. The van der Waals surface area contributed by atoms with Gasteiger partial charge in [-0.25, -0.2) is 0 Å². The molecule has 0 bridgehead atoms. The zero-order valence-corrected chi connectivity index (χ0v) is 15.0. The van der Waals surface area contributed by atoms with E-state index in [9.17, 15) is 9.59 Å². The Morgan fingerprint density at radius 1 is 1.43 bits per heavy atom. The second kappa shape index (κ2) is 8.45. The number of alkyl halides is 1. The van der Waals surface area contributed by atoms with Crippen molar-refractivity contribution in [1.29, 1.82) is 0 Å². The lowest BCUT2D eigenvalue weighted by Crippen LogP contribution is -2.27. The second-order valence-corrected chi connectivity index (χ2v) is 6.48. The first-order valence-electron chi connectivity index (χ1n) is 7.94. The minimum absolute atomic E-state index is 0.00505. The first-order valence-corrected chi connectivity index (χ1v) is 8.86. The number of ether oxygens (including phenoxy) is 2. The van der Waals surface area contributed by atoms with Gasteiger partial charge in [0.1, 0.15) is 11.9 Å². The second-order valence-electron chi connectivity index (χ2n) is 5.37. The Morgan fingerprint density at radius 3 is 2.83 bits per heavy atom. The van der Waals surface area contributed by atoms with Gasteiger partial charge in [-0.1, -0.05) is 22.9 Å². The number of nitrogens with one attached hydrogen (secondary N) is 1. The Balaban J connectivity index is 2.18. The summed E-state index contributed by atoms with van der Waals surface area (Å²) < 4.78 is 11.0. The molecule has 1 aliphatic rings. The monoisotopic (exact) mass is 383 g/mol. The molecule has 1 aromatic rings. The first-order chi connectivity index (χ1) is 11.1. The van der Waals surface area contributed by atoms with Crippen molar-refractivity contribution in [2.24, 2.45) is 0 Å². The van der Waals surface area contributed by atoms with Crippen LogP contribution in [0.25, 0.3) is 0 Å². The molecule has 23 heavy (non-hydrogen) atoms. The molecule has 1 aromatic carbocycles. The van der Waals surface area contributed by atoms with Gasteiger partial charge in [0.25, 0.3) is 5.91 Å². The van der Waals surface area contributed by atoms with Gasteiger partial charge < -0.3 is 14.8 Å². The van der Waals surface area contributed by atoms with Crippen LogP contribution in [-0.2, 0) is 9.53 Å². The van der Waals surface area contributed by atoms with Crippen molar-refractivity contribution in [3.63, 3.8) is 0 Å². The summed E-state index contributed by atoms with van der Waals surface area (Å²) in [5, 5.41) is 2.83. The fourth-order valence-electron chi connectivity index (χ4n) is 2.42. The SMILES string of the molecule is CCOc1cc(C(=O)C(Br)CC)ccc1NC(=O)C1CCCO1. The molecule has 1 amide bonds. The third-order valence-electron chi connectivity index (χ3n) is 3.69. The van der Waals surface area contributed by atoms with Crippen LogP contribution in [0.3, 0.4) is 0 Å². The fourth-order valence-corrected chi connectivity index (χ4v) is 2.68. The van der Waals surface area contributed by atoms with Crippen LogP contribution in [0.15, 0.2) is 18.2 Å². The zero-order chi connectivity index (χ0) is 16.8. The number of carbonyl (C=O) groups excluding carboxylic acids is 2. The smallest absolute Gasteiger partial charge is 0.253 e. The lowest BCUT2D eigenvalue weighted by molar-refractivity contribution is -0.124. The van der Waals surface area contributed by atoms with E-state index < -0.39 is 6.10 Å². The molecule has 0 aliphatic carbocycles. The highest BCUT2D eigenvalue weighted by Gasteiger charge is 2.25. The van der Waals surface area contributed by atoms with Crippen molar-refractivity contribution in [3.05, 3.63) is 23.8 Å². The number of hydrogen-bond acceptors (Lipinski definition) is 4. The van der Waals surface area contributed by atoms with Crippen molar-refractivity contribution in [2.75, 3.05) is 18.5 Å². The maximum absolute atomic E-state index is 12.3. The van der Waals surface area contributed by atoms with Gasteiger partial charge in [0.15, 0.2) is 5.78 Å². The van der Waals surface area contributed by atoms with Gasteiger partial charge >= 0.3 is 0 Å². The van der Waals surface area contributed by atoms with Crippen molar-refractivity contribution < 1.29 is 19.1 Å². The molecule has 1 aliphatic heterocycles. The normalized spacial score (nSPS) is 18.5. The predicted octanol–water partition coefficient (Wildman–Crippen LogP) is 3.56. The summed E-state index contributed by atoms with van der Waals surface area (Å²) in [4.78, 5) is 24.2. The quantitative estimate of drug-likeness (QED) is 0.577. The van der Waals surface area contributed by atoms with Crippen LogP contribution in [0.2, 0.25) is 0 Å². The molecule has 126 valence electrons. The number of ketones is 1. The number of rotatable bonds is 7. The number of anilines is 1. The van der Waals surface area contributed by atoms with Crippen molar-refractivity contribution in [3.8, 4) is 5.75 Å². The molecule has 0 aromatic heterocycles. The molecule has 1 saturated heterocycles. The number of carbonyl (C=O) groups is 2. The Morgan fingerprint density at radius 2 is 2.22 bits per heavy atom. The van der Waals surface area contributed by atoms with E-state index in [1.54, 1.807) is 18.2 Å². The van der Waals surface area contributed by atoms with Crippen LogP contribution < -0.4 is 10.1 Å².